The summed E-state index contributed by atoms with van der Waals surface area (Å²) in [5, 5.41) is 2.95. The lowest BCUT2D eigenvalue weighted by Gasteiger charge is -2.18. The maximum Gasteiger partial charge on any atom is 0.271 e. The van der Waals surface area contributed by atoms with E-state index in [9.17, 15) is 4.79 Å². The van der Waals surface area contributed by atoms with E-state index in [2.05, 4.69) is 53.3 Å². The van der Waals surface area contributed by atoms with Gasteiger partial charge in [0.15, 0.2) is 0 Å². The summed E-state index contributed by atoms with van der Waals surface area (Å²) in [6.45, 7) is 9.91. The number of imidazole rings is 1. The van der Waals surface area contributed by atoms with Gasteiger partial charge in [-0.2, -0.15) is 0 Å². The van der Waals surface area contributed by atoms with Crippen molar-refractivity contribution in [2.24, 2.45) is 0 Å². The molecule has 0 radical (unpaired) electrons. The number of hydrogen-bond acceptors (Lipinski definition) is 3. The molecule has 1 aromatic carbocycles. The first-order valence-electron chi connectivity index (χ1n) is 9.12. The molecule has 1 N–H and O–H groups in total. The maximum atomic E-state index is 12.4. The Balaban J connectivity index is 1.59. The van der Waals surface area contributed by atoms with Crippen LogP contribution in [0.3, 0.4) is 0 Å². The van der Waals surface area contributed by atoms with Crippen LogP contribution >= 0.6 is 0 Å². The zero-order chi connectivity index (χ0) is 18.5. The number of aromatic nitrogens is 2. The van der Waals surface area contributed by atoms with Crippen LogP contribution in [0.1, 0.15) is 41.0 Å². The van der Waals surface area contributed by atoms with E-state index in [1.165, 1.54) is 5.56 Å². The fraction of sp³-hybridized carbons (Fsp3) is 0.333. The third-order valence-electron chi connectivity index (χ3n) is 4.63. The van der Waals surface area contributed by atoms with E-state index in [4.69, 9.17) is 0 Å². The van der Waals surface area contributed by atoms with Gasteiger partial charge >= 0.3 is 0 Å². The molecule has 3 rings (SSSR count). The first-order chi connectivity index (χ1) is 12.6. The summed E-state index contributed by atoms with van der Waals surface area (Å²) in [5.41, 5.74) is 4.73. The SMILES string of the molecule is CCN(CC)Cc1ccc(CNC(=O)c2cn3ccc(C)cc3n2)cc1. The van der Waals surface area contributed by atoms with Crippen molar-refractivity contribution in [3.8, 4) is 0 Å². The minimum Gasteiger partial charge on any atom is -0.347 e. The zero-order valence-corrected chi connectivity index (χ0v) is 15.7. The van der Waals surface area contributed by atoms with Crippen LogP contribution in [0.5, 0.6) is 0 Å². The molecule has 0 unspecified atom stereocenters. The fourth-order valence-electron chi connectivity index (χ4n) is 2.93. The lowest BCUT2D eigenvalue weighted by atomic mass is 10.1. The van der Waals surface area contributed by atoms with Crippen molar-refractivity contribution in [2.45, 2.75) is 33.9 Å². The topological polar surface area (TPSA) is 49.6 Å². The van der Waals surface area contributed by atoms with Crippen molar-refractivity contribution >= 4 is 11.6 Å². The maximum absolute atomic E-state index is 12.4. The number of benzene rings is 1. The summed E-state index contributed by atoms with van der Waals surface area (Å²) in [7, 11) is 0. The number of fused-ring (bicyclic) bond motifs is 1. The van der Waals surface area contributed by atoms with Crippen molar-refractivity contribution in [3.63, 3.8) is 0 Å². The standard InChI is InChI=1S/C21H26N4O/c1-4-24(5-2)14-18-8-6-17(7-9-18)13-22-21(26)19-15-25-11-10-16(3)12-20(25)23-19/h6-12,15H,4-5,13-14H2,1-3H3,(H,22,26). The Hall–Kier alpha value is -2.66. The number of amides is 1. The highest BCUT2D eigenvalue weighted by Crippen LogP contribution is 2.10. The van der Waals surface area contributed by atoms with Crippen LogP contribution < -0.4 is 5.32 Å². The Kier molecular flexibility index (Phi) is 5.68. The molecule has 0 spiro atoms. The molecule has 5 heteroatoms. The van der Waals surface area contributed by atoms with Gasteiger partial charge in [-0.05, 0) is 48.8 Å². The molecule has 2 aromatic heterocycles. The molecule has 0 saturated heterocycles. The number of nitrogens with zero attached hydrogens (tertiary/aromatic N) is 3. The first-order valence-corrected chi connectivity index (χ1v) is 9.12. The highest BCUT2D eigenvalue weighted by atomic mass is 16.1. The monoisotopic (exact) mass is 350 g/mol. The van der Waals surface area contributed by atoms with E-state index in [1.54, 1.807) is 6.20 Å². The van der Waals surface area contributed by atoms with Crippen molar-refractivity contribution in [1.82, 2.24) is 19.6 Å². The molecule has 0 aliphatic heterocycles. The Morgan fingerprint density at radius 1 is 1.12 bits per heavy atom. The smallest absolute Gasteiger partial charge is 0.271 e. The number of pyridine rings is 1. The molecule has 2 heterocycles. The van der Waals surface area contributed by atoms with Crippen molar-refractivity contribution in [3.05, 3.63) is 71.2 Å². The molecular weight excluding hydrogens is 324 g/mol. The van der Waals surface area contributed by atoms with Crippen LogP contribution in [0.2, 0.25) is 0 Å². The van der Waals surface area contributed by atoms with Gasteiger partial charge in [0.2, 0.25) is 0 Å². The quantitative estimate of drug-likeness (QED) is 0.710. The van der Waals surface area contributed by atoms with Gasteiger partial charge in [-0.1, -0.05) is 38.1 Å². The van der Waals surface area contributed by atoms with E-state index in [0.717, 1.165) is 36.4 Å². The third-order valence-corrected chi connectivity index (χ3v) is 4.63. The van der Waals surface area contributed by atoms with Gasteiger partial charge < -0.3 is 9.72 Å². The Morgan fingerprint density at radius 2 is 1.81 bits per heavy atom. The predicted octanol–water partition coefficient (Wildman–Crippen LogP) is 3.41. The minimum atomic E-state index is -0.154. The van der Waals surface area contributed by atoms with Crippen LogP contribution in [0.4, 0.5) is 0 Å². The number of carbonyl (C=O) groups excluding carboxylic acids is 1. The van der Waals surface area contributed by atoms with Crippen LogP contribution in [0.25, 0.3) is 5.65 Å². The molecule has 0 aliphatic carbocycles. The van der Waals surface area contributed by atoms with Gasteiger partial charge in [-0.25, -0.2) is 4.98 Å². The fourth-order valence-corrected chi connectivity index (χ4v) is 2.93. The number of aryl methyl sites for hydroxylation is 1. The number of hydrogen-bond donors (Lipinski definition) is 1. The third kappa shape index (κ3) is 4.29. The zero-order valence-electron chi connectivity index (χ0n) is 15.7. The van der Waals surface area contributed by atoms with Gasteiger partial charge in [0.1, 0.15) is 11.3 Å². The predicted molar refractivity (Wildman–Crippen MR) is 104 cm³/mol. The molecule has 0 saturated carbocycles. The van der Waals surface area contributed by atoms with E-state index in [-0.39, 0.29) is 5.91 Å². The molecule has 0 fully saturated rings. The molecule has 26 heavy (non-hydrogen) atoms. The molecule has 5 nitrogen and oxygen atoms in total. The number of rotatable bonds is 7. The molecule has 0 aliphatic rings. The molecule has 3 aromatic rings. The second kappa shape index (κ2) is 8.15. The van der Waals surface area contributed by atoms with E-state index in [0.29, 0.717) is 12.2 Å². The van der Waals surface area contributed by atoms with E-state index in [1.807, 2.05) is 29.7 Å². The van der Waals surface area contributed by atoms with Crippen LogP contribution in [-0.2, 0) is 13.1 Å². The minimum absolute atomic E-state index is 0.154. The van der Waals surface area contributed by atoms with Crippen molar-refractivity contribution in [1.29, 1.82) is 0 Å². The molecular formula is C21H26N4O. The van der Waals surface area contributed by atoms with Gasteiger partial charge in [-0.15, -0.1) is 0 Å². The van der Waals surface area contributed by atoms with E-state index >= 15 is 0 Å². The summed E-state index contributed by atoms with van der Waals surface area (Å²) >= 11 is 0. The second-order valence-corrected chi connectivity index (χ2v) is 6.56. The van der Waals surface area contributed by atoms with Crippen molar-refractivity contribution in [2.75, 3.05) is 13.1 Å². The highest BCUT2D eigenvalue weighted by molar-refractivity contribution is 5.92. The van der Waals surface area contributed by atoms with Crippen LogP contribution in [0.15, 0.2) is 48.8 Å². The van der Waals surface area contributed by atoms with Gasteiger partial charge in [0, 0.05) is 25.5 Å². The highest BCUT2D eigenvalue weighted by Gasteiger charge is 2.10. The van der Waals surface area contributed by atoms with Gasteiger partial charge in [-0.3, -0.25) is 9.69 Å². The Labute approximate surface area is 154 Å². The molecule has 0 bridgehead atoms. The lowest BCUT2D eigenvalue weighted by molar-refractivity contribution is 0.0946. The van der Waals surface area contributed by atoms with Crippen LogP contribution in [-0.4, -0.2) is 33.3 Å². The number of carbonyl (C=O) groups is 1. The first kappa shape index (κ1) is 18.1. The normalized spacial score (nSPS) is 11.2. The molecule has 1 amide bonds. The lowest BCUT2D eigenvalue weighted by Crippen LogP contribution is -2.23. The Bertz CT molecular complexity index is 879. The Morgan fingerprint density at radius 3 is 2.50 bits per heavy atom. The van der Waals surface area contributed by atoms with Gasteiger partial charge in [0.25, 0.3) is 5.91 Å². The van der Waals surface area contributed by atoms with Crippen molar-refractivity contribution < 1.29 is 4.79 Å². The summed E-state index contributed by atoms with van der Waals surface area (Å²) in [6, 6.07) is 12.4. The van der Waals surface area contributed by atoms with Gasteiger partial charge in [0.05, 0.1) is 0 Å². The average Bonchev–Trinajstić information content (AvgIpc) is 3.08. The largest absolute Gasteiger partial charge is 0.347 e. The second-order valence-electron chi connectivity index (χ2n) is 6.56. The summed E-state index contributed by atoms with van der Waals surface area (Å²) in [5.74, 6) is -0.154. The van der Waals surface area contributed by atoms with E-state index < -0.39 is 0 Å². The molecule has 0 atom stereocenters. The summed E-state index contributed by atoms with van der Waals surface area (Å²) < 4.78 is 1.87. The average molecular weight is 350 g/mol. The number of nitrogens with one attached hydrogen (secondary N) is 1. The van der Waals surface area contributed by atoms with Crippen LogP contribution in [0, 0.1) is 6.92 Å². The summed E-state index contributed by atoms with van der Waals surface area (Å²) in [6.07, 6.45) is 3.68. The molecule has 136 valence electrons. The summed E-state index contributed by atoms with van der Waals surface area (Å²) in [4.78, 5) is 19.1.